The Morgan fingerprint density at radius 2 is 2.17 bits per heavy atom. The molecule has 0 bridgehead atoms. The van der Waals surface area contributed by atoms with Crippen LogP contribution in [0.1, 0.15) is 22.8 Å². The predicted molar refractivity (Wildman–Crippen MR) is 83.3 cm³/mol. The molecule has 0 aliphatic carbocycles. The Labute approximate surface area is 141 Å². The summed E-state index contributed by atoms with van der Waals surface area (Å²) in [6.45, 7) is 2.34. The zero-order chi connectivity index (χ0) is 17.5. The smallest absolute Gasteiger partial charge is 0.334 e. The van der Waals surface area contributed by atoms with Crippen LogP contribution in [0.25, 0.3) is 0 Å². The van der Waals surface area contributed by atoms with E-state index in [1.165, 1.54) is 15.9 Å². The number of hydrogen-bond donors (Lipinski definition) is 1. The van der Waals surface area contributed by atoms with Crippen molar-refractivity contribution >= 4 is 21.4 Å². The standard InChI is InChI=1S/C14H16F3N3O2S2/c1-9-2-5-13(23-9)24(21,22)18-6-10-3-4-12-19-11(14(15,16)17)8-20(12)7-10/h2,5,8,10,18H,3-4,6-7H2,1H3. The number of hydrogen-bond acceptors (Lipinski definition) is 4. The highest BCUT2D eigenvalue weighted by Gasteiger charge is 2.35. The molecule has 0 radical (unpaired) electrons. The number of fused-ring (bicyclic) bond motifs is 1. The van der Waals surface area contributed by atoms with Crippen molar-refractivity contribution in [3.05, 3.63) is 34.7 Å². The monoisotopic (exact) mass is 379 g/mol. The highest BCUT2D eigenvalue weighted by molar-refractivity contribution is 7.91. The van der Waals surface area contributed by atoms with Crippen molar-refractivity contribution in [1.82, 2.24) is 14.3 Å². The highest BCUT2D eigenvalue weighted by atomic mass is 32.2. The lowest BCUT2D eigenvalue weighted by Crippen LogP contribution is -2.33. The molecule has 2 aromatic rings. The van der Waals surface area contributed by atoms with E-state index < -0.39 is 21.9 Å². The minimum atomic E-state index is -4.46. The fourth-order valence-electron chi connectivity index (χ4n) is 2.67. The summed E-state index contributed by atoms with van der Waals surface area (Å²) in [7, 11) is -3.57. The number of halogens is 3. The molecule has 132 valence electrons. The number of nitrogens with one attached hydrogen (secondary N) is 1. The summed E-state index contributed by atoms with van der Waals surface area (Å²) in [6.07, 6.45) is -2.46. The maximum absolute atomic E-state index is 12.7. The molecule has 3 heterocycles. The molecule has 3 rings (SSSR count). The van der Waals surface area contributed by atoms with Crippen LogP contribution in [0.4, 0.5) is 13.2 Å². The first kappa shape index (κ1) is 17.4. The average Bonchev–Trinajstić information content (AvgIpc) is 3.10. The van der Waals surface area contributed by atoms with Crippen molar-refractivity contribution in [3.63, 3.8) is 0 Å². The molecule has 10 heteroatoms. The van der Waals surface area contributed by atoms with Gasteiger partial charge in [-0.25, -0.2) is 18.1 Å². The topological polar surface area (TPSA) is 64.0 Å². The van der Waals surface area contributed by atoms with Gasteiger partial charge in [-0.1, -0.05) is 0 Å². The number of aromatic nitrogens is 2. The minimum absolute atomic E-state index is 0.0661. The maximum Gasteiger partial charge on any atom is 0.434 e. The van der Waals surface area contributed by atoms with E-state index in [0.29, 0.717) is 25.2 Å². The second kappa shape index (κ2) is 6.16. The molecule has 2 aromatic heterocycles. The molecule has 1 unspecified atom stereocenters. The van der Waals surface area contributed by atoms with E-state index >= 15 is 0 Å². The molecule has 1 atom stereocenters. The summed E-state index contributed by atoms with van der Waals surface area (Å²) in [5.74, 6) is 0.332. The molecular formula is C14H16F3N3O2S2. The summed E-state index contributed by atoms with van der Waals surface area (Å²) in [6, 6.07) is 3.28. The van der Waals surface area contributed by atoms with Crippen LogP contribution < -0.4 is 4.72 Å². The first-order chi connectivity index (χ1) is 11.1. The minimum Gasteiger partial charge on any atom is -0.334 e. The summed E-state index contributed by atoms with van der Waals surface area (Å²) in [5.41, 5.74) is -0.896. The van der Waals surface area contributed by atoms with Crippen molar-refractivity contribution in [1.29, 1.82) is 0 Å². The number of alkyl halides is 3. The van der Waals surface area contributed by atoms with E-state index in [2.05, 4.69) is 9.71 Å². The number of nitrogens with zero attached hydrogens (tertiary/aromatic N) is 2. The van der Waals surface area contributed by atoms with Crippen LogP contribution in [-0.2, 0) is 29.2 Å². The SMILES string of the molecule is Cc1ccc(S(=O)(=O)NCC2CCc3nc(C(F)(F)F)cn3C2)s1. The number of aryl methyl sites for hydroxylation is 2. The molecule has 5 nitrogen and oxygen atoms in total. The van der Waals surface area contributed by atoms with Crippen molar-refractivity contribution in [3.8, 4) is 0 Å². The van der Waals surface area contributed by atoms with Gasteiger partial charge in [0.15, 0.2) is 5.69 Å². The van der Waals surface area contributed by atoms with E-state index in [0.717, 1.165) is 11.1 Å². The van der Waals surface area contributed by atoms with E-state index in [-0.39, 0.29) is 16.7 Å². The lowest BCUT2D eigenvalue weighted by atomic mass is 10.00. The van der Waals surface area contributed by atoms with E-state index in [1.807, 2.05) is 6.92 Å². The van der Waals surface area contributed by atoms with Gasteiger partial charge in [-0.15, -0.1) is 11.3 Å². The van der Waals surface area contributed by atoms with Crippen molar-refractivity contribution in [2.45, 2.75) is 36.7 Å². The summed E-state index contributed by atoms with van der Waals surface area (Å²) in [5, 5.41) is 0. The molecule has 0 aromatic carbocycles. The third kappa shape index (κ3) is 3.65. The quantitative estimate of drug-likeness (QED) is 0.889. The van der Waals surface area contributed by atoms with Crippen molar-refractivity contribution < 1.29 is 21.6 Å². The van der Waals surface area contributed by atoms with Gasteiger partial charge in [0, 0.05) is 30.6 Å². The fourth-order valence-corrected chi connectivity index (χ4v) is 5.12. The molecule has 1 N–H and O–H groups in total. The second-order valence-corrected chi connectivity index (χ2v) is 9.10. The molecule has 0 spiro atoms. The average molecular weight is 379 g/mol. The predicted octanol–water partition coefficient (Wildman–Crippen LogP) is 2.81. The van der Waals surface area contributed by atoms with Crippen LogP contribution in [0, 0.1) is 12.8 Å². The first-order valence-corrected chi connectivity index (χ1v) is 9.64. The third-order valence-corrected chi connectivity index (χ3v) is 6.84. The Balaban J connectivity index is 1.65. The largest absolute Gasteiger partial charge is 0.434 e. The summed E-state index contributed by atoms with van der Waals surface area (Å²) < 4.78 is 66.8. The van der Waals surface area contributed by atoms with Crippen LogP contribution in [-0.4, -0.2) is 24.5 Å². The number of rotatable bonds is 4. The van der Waals surface area contributed by atoms with Gasteiger partial charge in [-0.2, -0.15) is 13.2 Å². The third-order valence-electron chi connectivity index (χ3n) is 3.92. The summed E-state index contributed by atoms with van der Waals surface area (Å²) in [4.78, 5) is 4.52. The van der Waals surface area contributed by atoms with Gasteiger partial charge in [0.1, 0.15) is 10.0 Å². The Morgan fingerprint density at radius 3 is 2.79 bits per heavy atom. The van der Waals surface area contributed by atoms with Crippen LogP contribution in [0.2, 0.25) is 0 Å². The molecule has 0 saturated carbocycles. The second-order valence-electron chi connectivity index (χ2n) is 5.81. The molecule has 24 heavy (non-hydrogen) atoms. The van der Waals surface area contributed by atoms with E-state index in [1.54, 1.807) is 12.1 Å². The Hall–Kier alpha value is -1.39. The van der Waals surface area contributed by atoms with Crippen molar-refractivity contribution in [2.75, 3.05) is 6.54 Å². The van der Waals surface area contributed by atoms with Gasteiger partial charge in [0.25, 0.3) is 0 Å². The van der Waals surface area contributed by atoms with Crippen molar-refractivity contribution in [2.24, 2.45) is 5.92 Å². The first-order valence-electron chi connectivity index (χ1n) is 7.34. The zero-order valence-electron chi connectivity index (χ0n) is 12.8. The Morgan fingerprint density at radius 1 is 1.42 bits per heavy atom. The van der Waals surface area contributed by atoms with Gasteiger partial charge < -0.3 is 4.57 Å². The number of sulfonamides is 1. The van der Waals surface area contributed by atoms with E-state index in [9.17, 15) is 21.6 Å². The molecule has 0 saturated heterocycles. The van der Waals surface area contributed by atoms with Crippen LogP contribution in [0.5, 0.6) is 0 Å². The fraction of sp³-hybridized carbons (Fsp3) is 0.500. The Bertz CT molecular complexity index is 840. The molecule has 1 aliphatic heterocycles. The summed E-state index contributed by atoms with van der Waals surface area (Å²) >= 11 is 1.19. The lowest BCUT2D eigenvalue weighted by Gasteiger charge is -2.23. The number of imidazole rings is 1. The molecule has 1 aliphatic rings. The number of thiophene rings is 1. The highest BCUT2D eigenvalue weighted by Crippen LogP contribution is 2.30. The van der Waals surface area contributed by atoms with Gasteiger partial charge in [-0.05, 0) is 31.4 Å². The van der Waals surface area contributed by atoms with Gasteiger partial charge >= 0.3 is 6.18 Å². The molecule has 0 amide bonds. The zero-order valence-corrected chi connectivity index (χ0v) is 14.4. The normalized spacial score (nSPS) is 18.6. The lowest BCUT2D eigenvalue weighted by molar-refractivity contribution is -0.141. The Kier molecular flexibility index (Phi) is 4.47. The molecular weight excluding hydrogens is 363 g/mol. The maximum atomic E-state index is 12.7. The van der Waals surface area contributed by atoms with Crippen LogP contribution in [0.3, 0.4) is 0 Å². The van der Waals surface area contributed by atoms with Gasteiger partial charge in [-0.3, -0.25) is 0 Å². The van der Waals surface area contributed by atoms with Gasteiger partial charge in [0.2, 0.25) is 10.0 Å². The molecule has 0 fully saturated rings. The van der Waals surface area contributed by atoms with Crippen LogP contribution >= 0.6 is 11.3 Å². The van der Waals surface area contributed by atoms with Gasteiger partial charge in [0.05, 0.1) is 0 Å². The van der Waals surface area contributed by atoms with E-state index in [4.69, 9.17) is 0 Å². The van der Waals surface area contributed by atoms with Crippen LogP contribution in [0.15, 0.2) is 22.5 Å².